The molecule has 0 aliphatic carbocycles. The first-order valence-electron chi connectivity index (χ1n) is 8.79. The maximum atomic E-state index is 11.9. The summed E-state index contributed by atoms with van der Waals surface area (Å²) in [5, 5.41) is 13.2. The zero-order valence-electron chi connectivity index (χ0n) is 15.6. The smallest absolute Gasteiger partial charge is 0.222 e. The van der Waals surface area contributed by atoms with E-state index in [4.69, 9.17) is 4.52 Å². The Morgan fingerprint density at radius 1 is 1.15 bits per heavy atom. The topological polar surface area (TPSA) is 91.5 Å². The van der Waals surface area contributed by atoms with Gasteiger partial charge in [0.25, 0.3) is 0 Å². The van der Waals surface area contributed by atoms with Gasteiger partial charge in [0.1, 0.15) is 0 Å². The Labute approximate surface area is 154 Å². The predicted octanol–water partition coefficient (Wildman–Crippen LogP) is 2.17. The van der Waals surface area contributed by atoms with Gasteiger partial charge in [-0.1, -0.05) is 49.3 Å². The molecule has 0 aliphatic rings. The summed E-state index contributed by atoms with van der Waals surface area (Å²) in [5.41, 5.74) is 2.01. The van der Waals surface area contributed by atoms with E-state index in [1.165, 1.54) is 0 Å². The molecular weight excluding hydrogens is 330 g/mol. The first kappa shape index (κ1) is 19.5. The molecule has 0 aliphatic heterocycles. The molecule has 1 amide bonds. The predicted molar refractivity (Wildman–Crippen MR) is 102 cm³/mol. The summed E-state index contributed by atoms with van der Waals surface area (Å²) in [6.07, 6.45) is 0.368. The molecule has 0 fully saturated rings. The molecule has 0 spiro atoms. The third kappa shape index (κ3) is 6.58. The number of carbonyl (C=O) groups is 1. The maximum absolute atomic E-state index is 11.9. The molecule has 1 heterocycles. The Kier molecular flexibility index (Phi) is 7.67. The number of guanidine groups is 1. The van der Waals surface area contributed by atoms with Crippen molar-refractivity contribution in [2.24, 2.45) is 4.99 Å². The molecule has 26 heavy (non-hydrogen) atoms. The molecule has 0 atom stereocenters. The fraction of sp³-hybridized carbons (Fsp3) is 0.421. The molecule has 7 heteroatoms. The van der Waals surface area contributed by atoms with Crippen LogP contribution in [0.15, 0.2) is 45.9 Å². The van der Waals surface area contributed by atoms with Crippen LogP contribution in [0.25, 0.3) is 0 Å². The number of aliphatic imine (C=N–C) groups is 1. The van der Waals surface area contributed by atoms with Crippen LogP contribution in [0.3, 0.4) is 0 Å². The average molecular weight is 357 g/mol. The van der Waals surface area contributed by atoms with E-state index in [9.17, 15) is 4.79 Å². The Morgan fingerprint density at radius 3 is 2.58 bits per heavy atom. The monoisotopic (exact) mass is 357 g/mol. The molecule has 0 saturated heterocycles. The number of carbonyl (C=O) groups excluding carboxylic acids is 1. The Hall–Kier alpha value is -2.83. The van der Waals surface area contributed by atoms with E-state index in [0.717, 1.165) is 17.0 Å². The Balaban J connectivity index is 1.65. The second kappa shape index (κ2) is 10.2. The summed E-state index contributed by atoms with van der Waals surface area (Å²) in [5.74, 6) is 1.69. The van der Waals surface area contributed by atoms with Crippen LogP contribution in [0.1, 0.15) is 43.2 Å². The number of nitrogens with zero attached hydrogens (tertiary/aromatic N) is 2. The van der Waals surface area contributed by atoms with E-state index in [1.54, 1.807) is 7.05 Å². The van der Waals surface area contributed by atoms with Gasteiger partial charge in [0, 0.05) is 32.6 Å². The number of hydrogen-bond donors (Lipinski definition) is 3. The molecular formula is C19H27N5O2. The van der Waals surface area contributed by atoms with E-state index >= 15 is 0 Å². The summed E-state index contributed by atoms with van der Waals surface area (Å²) in [7, 11) is 1.69. The molecule has 0 unspecified atom stereocenters. The van der Waals surface area contributed by atoms with Crippen LogP contribution in [0.2, 0.25) is 0 Å². The van der Waals surface area contributed by atoms with Crippen LogP contribution in [0, 0.1) is 0 Å². The van der Waals surface area contributed by atoms with Crippen LogP contribution in [0.4, 0.5) is 0 Å². The summed E-state index contributed by atoms with van der Waals surface area (Å²) in [6, 6.07) is 11.8. The number of rotatable bonds is 8. The highest BCUT2D eigenvalue weighted by Gasteiger charge is 2.08. The Bertz CT molecular complexity index is 710. The van der Waals surface area contributed by atoms with Gasteiger partial charge in [-0.25, -0.2) is 0 Å². The lowest BCUT2D eigenvalue weighted by atomic mass is 10.1. The van der Waals surface area contributed by atoms with Gasteiger partial charge in [0.2, 0.25) is 5.91 Å². The average Bonchev–Trinajstić information content (AvgIpc) is 3.13. The second-order valence-electron chi connectivity index (χ2n) is 6.24. The standard InChI is InChI=1S/C19H27N5O2/c1-14(2)17-11-16(26-24-17)13-23-19(20-3)21-10-9-18(25)22-12-15-7-5-4-6-8-15/h4-8,11,14H,9-10,12-13H2,1-3H3,(H,22,25)(H2,20,21,23). The van der Waals surface area contributed by atoms with Gasteiger partial charge < -0.3 is 20.5 Å². The van der Waals surface area contributed by atoms with Crippen molar-refractivity contribution >= 4 is 11.9 Å². The molecule has 140 valence electrons. The van der Waals surface area contributed by atoms with E-state index in [0.29, 0.717) is 37.9 Å². The highest BCUT2D eigenvalue weighted by atomic mass is 16.5. The molecule has 3 N–H and O–H groups in total. The van der Waals surface area contributed by atoms with Crippen molar-refractivity contribution in [3.8, 4) is 0 Å². The normalized spacial score (nSPS) is 11.5. The van der Waals surface area contributed by atoms with Crippen LogP contribution in [-0.4, -0.2) is 30.6 Å². The minimum Gasteiger partial charge on any atom is -0.359 e. The molecule has 2 aromatic rings. The molecule has 2 rings (SSSR count). The van der Waals surface area contributed by atoms with Crippen molar-refractivity contribution in [3.63, 3.8) is 0 Å². The van der Waals surface area contributed by atoms with Crippen molar-refractivity contribution < 1.29 is 9.32 Å². The van der Waals surface area contributed by atoms with Crippen molar-refractivity contribution in [2.75, 3.05) is 13.6 Å². The molecule has 0 bridgehead atoms. The van der Waals surface area contributed by atoms with Crippen LogP contribution < -0.4 is 16.0 Å². The first-order chi connectivity index (χ1) is 12.6. The third-order valence-electron chi connectivity index (χ3n) is 3.80. The first-order valence-corrected chi connectivity index (χ1v) is 8.79. The van der Waals surface area contributed by atoms with E-state index < -0.39 is 0 Å². The van der Waals surface area contributed by atoms with Crippen molar-refractivity contribution in [1.29, 1.82) is 0 Å². The number of nitrogens with one attached hydrogen (secondary N) is 3. The van der Waals surface area contributed by atoms with Crippen LogP contribution in [-0.2, 0) is 17.9 Å². The lowest BCUT2D eigenvalue weighted by molar-refractivity contribution is -0.121. The fourth-order valence-corrected chi connectivity index (χ4v) is 2.26. The number of benzene rings is 1. The summed E-state index contributed by atoms with van der Waals surface area (Å²) >= 11 is 0. The highest BCUT2D eigenvalue weighted by Crippen LogP contribution is 2.13. The van der Waals surface area contributed by atoms with Gasteiger partial charge in [-0.05, 0) is 11.5 Å². The van der Waals surface area contributed by atoms with Gasteiger partial charge in [0.15, 0.2) is 11.7 Å². The van der Waals surface area contributed by atoms with E-state index in [1.807, 2.05) is 36.4 Å². The maximum Gasteiger partial charge on any atom is 0.222 e. The SMILES string of the molecule is CN=C(NCCC(=O)NCc1ccccc1)NCc1cc(C(C)C)no1. The van der Waals surface area contributed by atoms with Crippen LogP contribution >= 0.6 is 0 Å². The molecule has 0 saturated carbocycles. The number of aromatic nitrogens is 1. The van der Waals surface area contributed by atoms with Gasteiger partial charge in [0.05, 0.1) is 12.2 Å². The van der Waals surface area contributed by atoms with Gasteiger partial charge >= 0.3 is 0 Å². The van der Waals surface area contributed by atoms with E-state index in [-0.39, 0.29) is 5.91 Å². The van der Waals surface area contributed by atoms with Gasteiger partial charge in [-0.3, -0.25) is 9.79 Å². The second-order valence-corrected chi connectivity index (χ2v) is 6.24. The minimum absolute atomic E-state index is 0.00591. The largest absolute Gasteiger partial charge is 0.359 e. The van der Waals surface area contributed by atoms with E-state index in [2.05, 4.69) is 39.9 Å². The quantitative estimate of drug-likeness (QED) is 0.497. The van der Waals surface area contributed by atoms with Gasteiger partial charge in [-0.2, -0.15) is 0 Å². The molecule has 7 nitrogen and oxygen atoms in total. The van der Waals surface area contributed by atoms with Crippen molar-refractivity contribution in [1.82, 2.24) is 21.1 Å². The highest BCUT2D eigenvalue weighted by molar-refractivity contribution is 5.81. The molecule has 0 radical (unpaired) electrons. The molecule has 1 aromatic heterocycles. The third-order valence-corrected chi connectivity index (χ3v) is 3.80. The summed E-state index contributed by atoms with van der Waals surface area (Å²) in [6.45, 7) is 5.65. The van der Waals surface area contributed by atoms with Crippen molar-refractivity contribution in [3.05, 3.63) is 53.4 Å². The Morgan fingerprint density at radius 2 is 1.92 bits per heavy atom. The summed E-state index contributed by atoms with van der Waals surface area (Å²) in [4.78, 5) is 16.0. The molecule has 1 aromatic carbocycles. The number of amides is 1. The number of hydrogen-bond acceptors (Lipinski definition) is 4. The summed E-state index contributed by atoms with van der Waals surface area (Å²) < 4.78 is 5.28. The minimum atomic E-state index is -0.00591. The zero-order chi connectivity index (χ0) is 18.8. The zero-order valence-corrected chi connectivity index (χ0v) is 15.6. The fourth-order valence-electron chi connectivity index (χ4n) is 2.26. The van der Waals surface area contributed by atoms with Gasteiger partial charge in [-0.15, -0.1) is 0 Å². The van der Waals surface area contributed by atoms with Crippen molar-refractivity contribution in [2.45, 2.75) is 39.3 Å². The van der Waals surface area contributed by atoms with Crippen LogP contribution in [0.5, 0.6) is 0 Å². The lowest BCUT2D eigenvalue weighted by Gasteiger charge is -2.11. The lowest BCUT2D eigenvalue weighted by Crippen LogP contribution is -2.38.